The van der Waals surface area contributed by atoms with Crippen LogP contribution in [0.4, 0.5) is 32.3 Å². The van der Waals surface area contributed by atoms with E-state index >= 15 is 0 Å². The summed E-state index contributed by atoms with van der Waals surface area (Å²) in [6.45, 7) is 2.81. The van der Waals surface area contributed by atoms with Crippen molar-refractivity contribution in [1.82, 2.24) is 9.78 Å². The van der Waals surface area contributed by atoms with E-state index < -0.39 is 53.1 Å². The molecule has 19 heavy (non-hydrogen) atoms. The predicted octanol–water partition coefficient (Wildman–Crippen LogP) is 4.02. The molecule has 1 aliphatic carbocycles. The summed E-state index contributed by atoms with van der Waals surface area (Å²) >= 11 is 0. The number of halogens is 6. The Morgan fingerprint density at radius 2 is 1.63 bits per heavy atom. The number of aromatic nitrogens is 2. The van der Waals surface area contributed by atoms with Crippen LogP contribution in [0.25, 0.3) is 0 Å². The fourth-order valence-electron chi connectivity index (χ4n) is 2.16. The molecular weight excluding hydrogens is 276 g/mol. The molecule has 9 heteroatoms. The second-order valence-corrected chi connectivity index (χ2v) is 4.73. The number of nitrogens with zero attached hydrogens (tertiary/aromatic N) is 3. The lowest BCUT2D eigenvalue weighted by atomic mass is 9.90. The summed E-state index contributed by atoms with van der Waals surface area (Å²) in [5.41, 5.74) is -2.49. The van der Waals surface area contributed by atoms with Gasteiger partial charge in [0.2, 0.25) is 5.82 Å². The Kier molecular flexibility index (Phi) is 2.98. The average Bonchev–Trinajstić information content (AvgIpc) is 2.67. The first-order chi connectivity index (χ1) is 8.58. The first-order valence-corrected chi connectivity index (χ1v) is 5.58. The van der Waals surface area contributed by atoms with Crippen LogP contribution in [-0.2, 0) is 11.8 Å². The molecule has 0 unspecified atom stereocenters. The average molecular weight is 287 g/mol. The number of alkyl halides is 4. The SMILES string of the molecule is CC(C)n1nc(N(F)F)c2c1C(F)(F)CCC2(F)F. The lowest BCUT2D eigenvalue weighted by Crippen LogP contribution is -2.32. The molecule has 0 aromatic carbocycles. The van der Waals surface area contributed by atoms with E-state index in [2.05, 4.69) is 5.10 Å². The van der Waals surface area contributed by atoms with Gasteiger partial charge in [-0.1, -0.05) is 8.96 Å². The zero-order chi connectivity index (χ0) is 14.6. The van der Waals surface area contributed by atoms with Crippen molar-refractivity contribution in [2.24, 2.45) is 0 Å². The number of hydrogen-bond acceptors (Lipinski definition) is 2. The van der Waals surface area contributed by atoms with Gasteiger partial charge in [-0.05, 0) is 19.2 Å². The monoisotopic (exact) mass is 287 g/mol. The van der Waals surface area contributed by atoms with Crippen LogP contribution in [0.1, 0.15) is 44.0 Å². The molecule has 0 spiro atoms. The van der Waals surface area contributed by atoms with Gasteiger partial charge in [0.1, 0.15) is 5.69 Å². The number of rotatable bonds is 2. The Morgan fingerprint density at radius 1 is 1.11 bits per heavy atom. The summed E-state index contributed by atoms with van der Waals surface area (Å²) in [6.07, 6.45) is -2.28. The maximum Gasteiger partial charge on any atom is 0.290 e. The van der Waals surface area contributed by atoms with E-state index in [1.165, 1.54) is 13.8 Å². The zero-order valence-electron chi connectivity index (χ0n) is 10.1. The third-order valence-electron chi connectivity index (χ3n) is 3.01. The molecule has 0 N–H and O–H groups in total. The summed E-state index contributed by atoms with van der Waals surface area (Å²) in [7, 11) is 0. The third-order valence-corrected chi connectivity index (χ3v) is 3.01. The minimum atomic E-state index is -3.74. The van der Waals surface area contributed by atoms with Gasteiger partial charge in [0.25, 0.3) is 11.8 Å². The van der Waals surface area contributed by atoms with Gasteiger partial charge in [-0.25, -0.2) is 8.78 Å². The second-order valence-electron chi connectivity index (χ2n) is 4.73. The van der Waals surface area contributed by atoms with E-state index in [0.29, 0.717) is 4.68 Å². The standard InChI is InChI=1S/C10H11F6N3/c1-5(2)18-7-6(8(17-18)19(15)16)9(11,12)3-4-10(7,13)14/h5H,3-4H2,1-2H3. The maximum absolute atomic E-state index is 13.8. The Balaban J connectivity index is 2.78. The molecule has 1 aliphatic rings. The highest BCUT2D eigenvalue weighted by Crippen LogP contribution is 2.53. The first-order valence-electron chi connectivity index (χ1n) is 5.58. The van der Waals surface area contributed by atoms with Crippen LogP contribution < -0.4 is 5.34 Å². The molecule has 0 amide bonds. The molecule has 0 saturated carbocycles. The topological polar surface area (TPSA) is 21.1 Å². The second kappa shape index (κ2) is 4.04. The Labute approximate surface area is 104 Å². The summed E-state index contributed by atoms with van der Waals surface area (Å²) < 4.78 is 80.7. The van der Waals surface area contributed by atoms with Crippen LogP contribution in [0, 0.1) is 0 Å². The van der Waals surface area contributed by atoms with Crippen molar-refractivity contribution in [3.8, 4) is 0 Å². The van der Waals surface area contributed by atoms with Crippen LogP contribution in [0.15, 0.2) is 0 Å². The molecule has 0 fully saturated rings. The summed E-state index contributed by atoms with van der Waals surface area (Å²) in [4.78, 5) is 0. The van der Waals surface area contributed by atoms with Gasteiger partial charge in [-0.3, -0.25) is 4.68 Å². The van der Waals surface area contributed by atoms with Gasteiger partial charge >= 0.3 is 0 Å². The first kappa shape index (κ1) is 14.0. The number of hydrogen-bond donors (Lipinski definition) is 0. The van der Waals surface area contributed by atoms with E-state index in [1.807, 2.05) is 0 Å². The van der Waals surface area contributed by atoms with Crippen LogP contribution >= 0.6 is 0 Å². The lowest BCUT2D eigenvalue weighted by molar-refractivity contribution is -0.101. The molecule has 0 radical (unpaired) electrons. The number of fused-ring (bicyclic) bond motifs is 1. The van der Waals surface area contributed by atoms with E-state index in [0.717, 1.165) is 0 Å². The van der Waals surface area contributed by atoms with Crippen LogP contribution in [-0.4, -0.2) is 9.78 Å². The fraction of sp³-hybridized carbons (Fsp3) is 0.700. The zero-order valence-corrected chi connectivity index (χ0v) is 10.1. The molecule has 1 aromatic rings. The number of anilines is 1. The van der Waals surface area contributed by atoms with Gasteiger partial charge in [0, 0.05) is 18.9 Å². The van der Waals surface area contributed by atoms with Crippen molar-refractivity contribution in [2.45, 2.75) is 44.6 Å². The lowest BCUT2D eigenvalue weighted by Gasteiger charge is -2.30. The van der Waals surface area contributed by atoms with Crippen molar-refractivity contribution >= 4 is 5.82 Å². The summed E-state index contributed by atoms with van der Waals surface area (Å²) in [5, 5.41) is 1.57. The van der Waals surface area contributed by atoms with Crippen LogP contribution in [0.5, 0.6) is 0 Å². The van der Waals surface area contributed by atoms with E-state index in [4.69, 9.17) is 0 Å². The predicted molar refractivity (Wildman–Crippen MR) is 54.3 cm³/mol. The molecule has 0 atom stereocenters. The minimum Gasteiger partial charge on any atom is -0.258 e. The van der Waals surface area contributed by atoms with Gasteiger partial charge in [0.05, 0.1) is 5.56 Å². The molecule has 108 valence electrons. The quantitative estimate of drug-likeness (QED) is 0.605. The highest BCUT2D eigenvalue weighted by atomic mass is 19.4. The van der Waals surface area contributed by atoms with E-state index in [1.54, 1.807) is 0 Å². The van der Waals surface area contributed by atoms with Crippen molar-refractivity contribution in [2.75, 3.05) is 5.34 Å². The van der Waals surface area contributed by atoms with Crippen LogP contribution in [0.2, 0.25) is 0 Å². The Hall–Kier alpha value is -1.41. The van der Waals surface area contributed by atoms with Gasteiger partial charge in [0.15, 0.2) is 0 Å². The van der Waals surface area contributed by atoms with Gasteiger partial charge < -0.3 is 0 Å². The van der Waals surface area contributed by atoms with E-state index in [-0.39, 0.29) is 0 Å². The molecule has 2 rings (SSSR count). The van der Waals surface area contributed by atoms with Crippen molar-refractivity contribution in [3.63, 3.8) is 0 Å². The summed E-state index contributed by atoms with van der Waals surface area (Å²) in [5.74, 6) is -8.74. The van der Waals surface area contributed by atoms with Crippen molar-refractivity contribution in [3.05, 3.63) is 11.3 Å². The molecule has 0 saturated heterocycles. The largest absolute Gasteiger partial charge is 0.290 e. The third kappa shape index (κ3) is 2.04. The smallest absolute Gasteiger partial charge is 0.258 e. The van der Waals surface area contributed by atoms with Crippen molar-refractivity contribution < 1.29 is 26.5 Å². The highest BCUT2D eigenvalue weighted by Gasteiger charge is 2.55. The molecule has 0 aliphatic heterocycles. The minimum absolute atomic E-state index is 0.546. The van der Waals surface area contributed by atoms with Gasteiger partial charge in [-0.2, -0.15) is 8.78 Å². The normalized spacial score (nSPS) is 20.5. The van der Waals surface area contributed by atoms with E-state index in [9.17, 15) is 26.5 Å². The van der Waals surface area contributed by atoms with Crippen LogP contribution in [0.3, 0.4) is 0 Å². The Morgan fingerprint density at radius 3 is 2.11 bits per heavy atom. The molecular formula is C10H11F6N3. The molecule has 3 nitrogen and oxygen atoms in total. The van der Waals surface area contributed by atoms with Crippen molar-refractivity contribution in [1.29, 1.82) is 0 Å². The highest BCUT2D eigenvalue weighted by molar-refractivity contribution is 5.51. The Bertz CT molecular complexity index is 451. The maximum atomic E-state index is 13.8. The van der Waals surface area contributed by atoms with Gasteiger partial charge in [-0.15, -0.1) is 5.10 Å². The summed E-state index contributed by atoms with van der Waals surface area (Å²) in [6, 6.07) is -0.734. The molecule has 1 aromatic heterocycles. The fourth-order valence-corrected chi connectivity index (χ4v) is 2.16. The molecule has 0 bridgehead atoms. The molecule has 1 heterocycles.